The van der Waals surface area contributed by atoms with Crippen molar-refractivity contribution in [2.24, 2.45) is 0 Å². The highest BCUT2D eigenvalue weighted by Gasteiger charge is 2.12. The first-order valence-electron chi connectivity index (χ1n) is 4.74. The average Bonchev–Trinajstić information content (AvgIpc) is 2.34. The number of carbonyl (C=O) groups is 1. The summed E-state index contributed by atoms with van der Waals surface area (Å²) in [5.74, 6) is -0.457. The molecule has 0 saturated carbocycles. The van der Waals surface area contributed by atoms with Crippen LogP contribution in [0.15, 0.2) is 46.5 Å². The molecule has 0 aliphatic heterocycles. The Kier molecular flexibility index (Phi) is 3.76. The third-order valence-corrected chi connectivity index (χ3v) is 3.62. The van der Waals surface area contributed by atoms with Crippen LogP contribution in [0.3, 0.4) is 0 Å². The summed E-state index contributed by atoms with van der Waals surface area (Å²) in [6.07, 6.45) is 2.18. The summed E-state index contributed by atoms with van der Waals surface area (Å²) in [5.41, 5.74) is 0.289. The van der Waals surface area contributed by atoms with E-state index in [-0.39, 0.29) is 10.5 Å². The maximum absolute atomic E-state index is 13.6. The molecule has 0 aliphatic rings. The van der Waals surface area contributed by atoms with Gasteiger partial charge in [-0.2, -0.15) is 0 Å². The highest BCUT2D eigenvalue weighted by molar-refractivity contribution is 7.99. The Bertz CT molecular complexity index is 562. The quantitative estimate of drug-likeness (QED) is 0.792. The standard InChI is InChI=1S/C12H7ClFNOS/c13-9-4-2-6-15-12(9)17-11-8(7-16)3-1-5-10(11)14/h1-7H. The van der Waals surface area contributed by atoms with E-state index in [4.69, 9.17) is 11.6 Å². The molecule has 1 heterocycles. The van der Waals surface area contributed by atoms with E-state index in [0.717, 1.165) is 11.8 Å². The molecule has 0 bridgehead atoms. The van der Waals surface area contributed by atoms with Crippen LogP contribution in [0.2, 0.25) is 5.02 Å². The molecule has 86 valence electrons. The molecule has 0 N–H and O–H groups in total. The molecule has 0 radical (unpaired) electrons. The van der Waals surface area contributed by atoms with Gasteiger partial charge in [0.25, 0.3) is 0 Å². The molecule has 0 fully saturated rings. The summed E-state index contributed by atoms with van der Waals surface area (Å²) in [6.45, 7) is 0. The summed E-state index contributed by atoms with van der Waals surface area (Å²) in [5, 5.41) is 0.903. The van der Waals surface area contributed by atoms with Gasteiger partial charge in [-0.1, -0.05) is 35.5 Å². The Balaban J connectivity index is 2.43. The molecule has 0 atom stereocenters. The zero-order valence-corrected chi connectivity index (χ0v) is 10.1. The number of hydrogen-bond donors (Lipinski definition) is 0. The van der Waals surface area contributed by atoms with Crippen molar-refractivity contribution in [1.29, 1.82) is 0 Å². The SMILES string of the molecule is O=Cc1cccc(F)c1Sc1ncccc1Cl. The number of aldehydes is 1. The summed E-state index contributed by atoms with van der Waals surface area (Å²) < 4.78 is 13.6. The number of halogens is 2. The van der Waals surface area contributed by atoms with Crippen molar-refractivity contribution < 1.29 is 9.18 Å². The van der Waals surface area contributed by atoms with Gasteiger partial charge >= 0.3 is 0 Å². The summed E-state index contributed by atoms with van der Waals surface area (Å²) in [4.78, 5) is 15.1. The monoisotopic (exact) mass is 267 g/mol. The lowest BCUT2D eigenvalue weighted by Gasteiger charge is -2.06. The molecule has 0 aliphatic carbocycles. The highest BCUT2D eigenvalue weighted by Crippen LogP contribution is 2.34. The van der Waals surface area contributed by atoms with E-state index < -0.39 is 5.82 Å². The van der Waals surface area contributed by atoms with Crippen molar-refractivity contribution in [2.75, 3.05) is 0 Å². The van der Waals surface area contributed by atoms with Gasteiger partial charge in [-0.15, -0.1) is 0 Å². The highest BCUT2D eigenvalue weighted by atomic mass is 35.5. The number of pyridine rings is 1. The first-order valence-corrected chi connectivity index (χ1v) is 5.94. The van der Waals surface area contributed by atoms with Crippen molar-refractivity contribution in [3.63, 3.8) is 0 Å². The minimum Gasteiger partial charge on any atom is -0.298 e. The second kappa shape index (κ2) is 5.29. The molecule has 1 aromatic heterocycles. The molecule has 17 heavy (non-hydrogen) atoms. The fraction of sp³-hybridized carbons (Fsp3) is 0. The minimum atomic E-state index is -0.457. The number of benzene rings is 1. The van der Waals surface area contributed by atoms with Crippen LogP contribution in [0.5, 0.6) is 0 Å². The van der Waals surface area contributed by atoms with Gasteiger partial charge in [0.2, 0.25) is 0 Å². The van der Waals surface area contributed by atoms with Crippen molar-refractivity contribution in [3.05, 3.63) is 52.9 Å². The number of hydrogen-bond acceptors (Lipinski definition) is 3. The molecule has 2 nitrogen and oxygen atoms in total. The lowest BCUT2D eigenvalue weighted by atomic mass is 10.2. The lowest BCUT2D eigenvalue weighted by Crippen LogP contribution is -1.91. The van der Waals surface area contributed by atoms with Gasteiger partial charge in [0.05, 0.1) is 9.92 Å². The van der Waals surface area contributed by atoms with Gasteiger partial charge in [0.1, 0.15) is 10.8 Å². The van der Waals surface area contributed by atoms with Crippen LogP contribution >= 0.6 is 23.4 Å². The maximum atomic E-state index is 13.6. The van der Waals surface area contributed by atoms with Gasteiger partial charge in [0.15, 0.2) is 6.29 Å². The predicted octanol–water partition coefficient (Wildman–Crippen LogP) is 3.84. The van der Waals surface area contributed by atoms with Crippen LogP contribution in [0.25, 0.3) is 0 Å². The summed E-state index contributed by atoms with van der Waals surface area (Å²) >= 11 is 6.97. The van der Waals surface area contributed by atoms with E-state index in [2.05, 4.69) is 4.98 Å². The predicted molar refractivity (Wildman–Crippen MR) is 65.2 cm³/mol. The van der Waals surface area contributed by atoms with E-state index in [9.17, 15) is 9.18 Å². The average molecular weight is 268 g/mol. The summed E-state index contributed by atoms with van der Waals surface area (Å²) in [7, 11) is 0. The topological polar surface area (TPSA) is 30.0 Å². The largest absolute Gasteiger partial charge is 0.298 e. The fourth-order valence-electron chi connectivity index (χ4n) is 1.27. The van der Waals surface area contributed by atoms with Crippen LogP contribution in [-0.4, -0.2) is 11.3 Å². The maximum Gasteiger partial charge on any atom is 0.151 e. The van der Waals surface area contributed by atoms with Gasteiger partial charge < -0.3 is 0 Å². The molecule has 5 heteroatoms. The van der Waals surface area contributed by atoms with Crippen LogP contribution in [0.4, 0.5) is 4.39 Å². The first kappa shape index (κ1) is 12.1. The Morgan fingerprint density at radius 3 is 2.82 bits per heavy atom. The van der Waals surface area contributed by atoms with Crippen molar-refractivity contribution in [2.45, 2.75) is 9.92 Å². The lowest BCUT2D eigenvalue weighted by molar-refractivity contribution is 0.112. The summed E-state index contributed by atoms with van der Waals surface area (Å²) in [6, 6.07) is 7.69. The molecule has 0 unspecified atom stereocenters. The third-order valence-electron chi connectivity index (χ3n) is 2.05. The Morgan fingerprint density at radius 2 is 2.12 bits per heavy atom. The van der Waals surface area contributed by atoms with Gasteiger partial charge in [-0.3, -0.25) is 4.79 Å². The van der Waals surface area contributed by atoms with Crippen molar-refractivity contribution in [3.8, 4) is 0 Å². The number of carbonyl (C=O) groups excluding carboxylic acids is 1. The van der Waals surface area contributed by atoms with E-state index in [1.807, 2.05) is 0 Å². The van der Waals surface area contributed by atoms with Crippen molar-refractivity contribution in [1.82, 2.24) is 4.98 Å². The molecule has 0 spiro atoms. The second-order valence-corrected chi connectivity index (χ2v) is 4.57. The minimum absolute atomic E-state index is 0.239. The number of aromatic nitrogens is 1. The van der Waals surface area contributed by atoms with Crippen LogP contribution in [0, 0.1) is 5.82 Å². The molecule has 2 rings (SSSR count). The van der Waals surface area contributed by atoms with Crippen LogP contribution in [0.1, 0.15) is 10.4 Å². The van der Waals surface area contributed by atoms with Crippen molar-refractivity contribution >= 4 is 29.6 Å². The van der Waals surface area contributed by atoms with E-state index in [0.29, 0.717) is 16.3 Å². The Labute approximate surface area is 107 Å². The molecular formula is C12H7ClFNOS. The number of rotatable bonds is 3. The third kappa shape index (κ3) is 2.65. The Morgan fingerprint density at radius 1 is 1.29 bits per heavy atom. The fourth-order valence-corrected chi connectivity index (χ4v) is 2.38. The van der Waals surface area contributed by atoms with Crippen LogP contribution in [-0.2, 0) is 0 Å². The van der Waals surface area contributed by atoms with Gasteiger partial charge in [-0.25, -0.2) is 9.37 Å². The van der Waals surface area contributed by atoms with E-state index in [1.54, 1.807) is 24.4 Å². The first-order chi connectivity index (χ1) is 8.22. The zero-order chi connectivity index (χ0) is 12.3. The number of nitrogens with zero attached hydrogens (tertiary/aromatic N) is 1. The van der Waals surface area contributed by atoms with E-state index in [1.165, 1.54) is 12.1 Å². The second-order valence-electron chi connectivity index (χ2n) is 3.17. The zero-order valence-electron chi connectivity index (χ0n) is 8.56. The van der Waals surface area contributed by atoms with Gasteiger partial charge in [0, 0.05) is 11.8 Å². The Hall–Kier alpha value is -1.39. The smallest absolute Gasteiger partial charge is 0.151 e. The van der Waals surface area contributed by atoms with Gasteiger partial charge in [-0.05, 0) is 18.2 Å². The molecule has 0 saturated heterocycles. The van der Waals surface area contributed by atoms with Crippen LogP contribution < -0.4 is 0 Å². The van der Waals surface area contributed by atoms with E-state index >= 15 is 0 Å². The molecule has 2 aromatic rings. The normalized spacial score (nSPS) is 10.2. The molecule has 0 amide bonds. The molecular weight excluding hydrogens is 261 g/mol. The molecule has 1 aromatic carbocycles.